The average molecular weight is 321 g/mol. The summed E-state index contributed by atoms with van der Waals surface area (Å²) >= 11 is 0. The number of nitrogens with zero attached hydrogens (tertiary/aromatic N) is 5. The lowest BCUT2D eigenvalue weighted by Gasteiger charge is -2.08. The van der Waals surface area contributed by atoms with Crippen molar-refractivity contribution in [3.05, 3.63) is 54.1 Å². The number of hydrogen-bond acceptors (Lipinski definition) is 6. The molecule has 3 aromatic rings. The van der Waals surface area contributed by atoms with E-state index in [-0.39, 0.29) is 0 Å². The molecule has 0 fully saturated rings. The number of nitrogens with one attached hydrogen (secondary N) is 2. The van der Waals surface area contributed by atoms with E-state index < -0.39 is 5.95 Å². The summed E-state index contributed by atoms with van der Waals surface area (Å²) in [5.74, 6) is -0.602. The molecular weight excluding hydrogens is 309 g/mol. The van der Waals surface area contributed by atoms with Gasteiger partial charge >= 0.3 is 0 Å². The fourth-order valence-corrected chi connectivity index (χ4v) is 2.30. The minimum atomic E-state index is -0.602. The van der Waals surface area contributed by atoms with Crippen LogP contribution in [-0.4, -0.2) is 32.8 Å². The summed E-state index contributed by atoms with van der Waals surface area (Å²) < 4.78 is 14.6. The van der Waals surface area contributed by atoms with E-state index in [1.807, 2.05) is 0 Å². The van der Waals surface area contributed by atoms with Gasteiger partial charge in [-0.1, -0.05) is 0 Å². The van der Waals surface area contributed by atoms with E-state index in [2.05, 4.69) is 26.5 Å². The molecule has 0 atom stereocenters. The molecule has 0 aromatic carbocycles. The number of hydrogen-bond donors (Lipinski definition) is 2. The molecule has 0 aliphatic rings. The van der Waals surface area contributed by atoms with Gasteiger partial charge in [0.15, 0.2) is 0 Å². The second-order valence-electron chi connectivity index (χ2n) is 4.84. The maximum Gasteiger partial charge on any atom is 0.212 e. The molecule has 118 valence electrons. The van der Waals surface area contributed by atoms with E-state index in [9.17, 15) is 9.65 Å². The highest BCUT2D eigenvalue weighted by molar-refractivity contribution is 6.07. The first-order valence-electron chi connectivity index (χ1n) is 6.96. The highest BCUT2D eigenvalue weighted by Crippen LogP contribution is 2.26. The first kappa shape index (κ1) is 15.3. The Bertz CT molecular complexity index is 980. The molecule has 7 nitrogen and oxygen atoms in total. The maximum atomic E-state index is 13.1. The van der Waals surface area contributed by atoms with Gasteiger partial charge < -0.3 is 10.7 Å². The molecule has 0 radical (unpaired) electrons. The SMILES string of the molecule is CN/C=C(\C=N)c1cn2ncc(C#N)c2c(-c2ccc(F)nc2)n1. The molecule has 3 aromatic heterocycles. The number of fused-ring (bicyclic) bond motifs is 1. The van der Waals surface area contributed by atoms with Crippen molar-refractivity contribution >= 4 is 17.3 Å². The molecular formula is C16H12FN7. The molecule has 0 aliphatic carbocycles. The number of nitriles is 1. The fourth-order valence-electron chi connectivity index (χ4n) is 2.30. The lowest BCUT2D eigenvalue weighted by molar-refractivity contribution is 0.584. The molecule has 0 amide bonds. The summed E-state index contributed by atoms with van der Waals surface area (Å²) in [6.07, 6.45) is 7.20. The third-order valence-corrected chi connectivity index (χ3v) is 3.37. The van der Waals surface area contributed by atoms with Crippen LogP contribution in [0.1, 0.15) is 11.3 Å². The molecule has 0 aliphatic heterocycles. The highest BCUT2D eigenvalue weighted by atomic mass is 19.1. The first-order chi connectivity index (χ1) is 11.7. The number of rotatable bonds is 4. The van der Waals surface area contributed by atoms with Crippen LogP contribution in [-0.2, 0) is 0 Å². The van der Waals surface area contributed by atoms with E-state index in [4.69, 9.17) is 5.41 Å². The summed E-state index contributed by atoms with van der Waals surface area (Å²) in [6.45, 7) is 0. The zero-order valence-electron chi connectivity index (χ0n) is 12.7. The summed E-state index contributed by atoms with van der Waals surface area (Å²) in [7, 11) is 1.72. The lowest BCUT2D eigenvalue weighted by Crippen LogP contribution is -2.03. The van der Waals surface area contributed by atoms with Crippen LogP contribution in [0.5, 0.6) is 0 Å². The van der Waals surface area contributed by atoms with Crippen molar-refractivity contribution in [3.8, 4) is 17.3 Å². The van der Waals surface area contributed by atoms with Crippen LogP contribution in [0.25, 0.3) is 22.3 Å². The van der Waals surface area contributed by atoms with Crippen LogP contribution in [0.2, 0.25) is 0 Å². The zero-order chi connectivity index (χ0) is 17.1. The predicted molar refractivity (Wildman–Crippen MR) is 86.7 cm³/mol. The van der Waals surface area contributed by atoms with Gasteiger partial charge in [-0.05, 0) is 12.1 Å². The van der Waals surface area contributed by atoms with E-state index in [0.717, 1.165) is 6.21 Å². The summed E-state index contributed by atoms with van der Waals surface area (Å²) in [5, 5.41) is 23.8. The Morgan fingerprint density at radius 3 is 2.88 bits per heavy atom. The van der Waals surface area contributed by atoms with Gasteiger partial charge in [-0.3, -0.25) is 0 Å². The van der Waals surface area contributed by atoms with Gasteiger partial charge in [-0.2, -0.15) is 14.8 Å². The highest BCUT2D eigenvalue weighted by Gasteiger charge is 2.16. The zero-order valence-corrected chi connectivity index (χ0v) is 12.7. The van der Waals surface area contributed by atoms with Gasteiger partial charge in [0.05, 0.1) is 23.8 Å². The fraction of sp³-hybridized carbons (Fsp3) is 0.0625. The minimum absolute atomic E-state index is 0.349. The molecule has 0 bridgehead atoms. The normalized spacial score (nSPS) is 11.3. The Morgan fingerprint density at radius 1 is 1.42 bits per heavy atom. The molecule has 8 heteroatoms. The monoisotopic (exact) mass is 321 g/mol. The van der Waals surface area contributed by atoms with Crippen molar-refractivity contribution in [1.82, 2.24) is 24.9 Å². The molecule has 0 spiro atoms. The van der Waals surface area contributed by atoms with Gasteiger partial charge in [0.1, 0.15) is 17.1 Å². The number of allylic oxidation sites excluding steroid dienone is 1. The summed E-state index contributed by atoms with van der Waals surface area (Å²) in [6, 6.07) is 4.83. The number of pyridine rings is 1. The smallest absolute Gasteiger partial charge is 0.212 e. The Balaban J connectivity index is 2.33. The molecule has 2 N–H and O–H groups in total. The standard InChI is InChI=1S/C16H12FN7/c1-20-6-11(4-18)13-9-24-16(12(5-19)8-22-24)15(23-13)10-2-3-14(17)21-7-10/h2-4,6-9,18,20H,1H3/b11-6+,18-4?. The van der Waals surface area contributed by atoms with Crippen LogP contribution in [0.3, 0.4) is 0 Å². The van der Waals surface area contributed by atoms with Crippen molar-refractivity contribution in [2.75, 3.05) is 7.05 Å². The van der Waals surface area contributed by atoms with E-state index in [1.165, 1.54) is 29.0 Å². The predicted octanol–water partition coefficient (Wildman–Crippen LogP) is 2.01. The van der Waals surface area contributed by atoms with Gasteiger partial charge in [0.2, 0.25) is 5.95 Å². The van der Waals surface area contributed by atoms with Crippen LogP contribution in [0.15, 0.2) is 36.9 Å². The van der Waals surface area contributed by atoms with Crippen molar-refractivity contribution in [2.24, 2.45) is 0 Å². The molecule has 3 heterocycles. The third kappa shape index (κ3) is 2.59. The van der Waals surface area contributed by atoms with Gasteiger partial charge in [0, 0.05) is 36.8 Å². The quantitative estimate of drug-likeness (QED) is 0.565. The molecule has 0 saturated heterocycles. The van der Waals surface area contributed by atoms with Crippen LogP contribution >= 0.6 is 0 Å². The van der Waals surface area contributed by atoms with Gasteiger partial charge in [-0.25, -0.2) is 14.5 Å². The minimum Gasteiger partial charge on any atom is -0.393 e. The van der Waals surface area contributed by atoms with E-state index in [0.29, 0.717) is 33.6 Å². The van der Waals surface area contributed by atoms with Crippen LogP contribution in [0, 0.1) is 22.7 Å². The molecule has 0 unspecified atom stereocenters. The topological polar surface area (TPSA) is 103 Å². The first-order valence-corrected chi connectivity index (χ1v) is 6.96. The Kier molecular flexibility index (Phi) is 3.99. The molecule has 3 rings (SSSR count). The third-order valence-electron chi connectivity index (χ3n) is 3.37. The number of aromatic nitrogens is 4. The van der Waals surface area contributed by atoms with E-state index in [1.54, 1.807) is 19.4 Å². The largest absolute Gasteiger partial charge is 0.393 e. The Labute approximate surface area is 136 Å². The number of halogens is 1. The maximum absolute atomic E-state index is 13.1. The van der Waals surface area contributed by atoms with Crippen molar-refractivity contribution < 1.29 is 4.39 Å². The van der Waals surface area contributed by atoms with Gasteiger partial charge in [-0.15, -0.1) is 0 Å². The average Bonchev–Trinajstić information content (AvgIpc) is 3.02. The second-order valence-corrected chi connectivity index (χ2v) is 4.84. The van der Waals surface area contributed by atoms with E-state index >= 15 is 0 Å². The summed E-state index contributed by atoms with van der Waals surface area (Å²) in [4.78, 5) is 8.18. The molecule has 24 heavy (non-hydrogen) atoms. The van der Waals surface area contributed by atoms with Crippen molar-refractivity contribution in [3.63, 3.8) is 0 Å². The molecule has 0 saturated carbocycles. The Morgan fingerprint density at radius 2 is 2.25 bits per heavy atom. The Hall–Kier alpha value is -3.60. The van der Waals surface area contributed by atoms with Gasteiger partial charge in [0.25, 0.3) is 0 Å². The second kappa shape index (κ2) is 6.26. The lowest BCUT2D eigenvalue weighted by atomic mass is 10.1. The van der Waals surface area contributed by atoms with Crippen LogP contribution < -0.4 is 5.32 Å². The summed E-state index contributed by atoms with van der Waals surface area (Å²) in [5.41, 5.74) is 2.86. The van der Waals surface area contributed by atoms with Crippen molar-refractivity contribution in [1.29, 1.82) is 10.7 Å². The van der Waals surface area contributed by atoms with Crippen molar-refractivity contribution in [2.45, 2.75) is 0 Å². The van der Waals surface area contributed by atoms with Crippen LogP contribution in [0.4, 0.5) is 4.39 Å².